The third kappa shape index (κ3) is 5.16. The molecule has 0 fully saturated rings. The van der Waals surface area contributed by atoms with E-state index in [4.69, 9.17) is 8.85 Å². The predicted molar refractivity (Wildman–Crippen MR) is 77.0 cm³/mol. The van der Waals surface area contributed by atoms with Crippen molar-refractivity contribution in [3.05, 3.63) is 11.8 Å². The van der Waals surface area contributed by atoms with Gasteiger partial charge in [0, 0.05) is 12.4 Å². The summed E-state index contributed by atoms with van der Waals surface area (Å²) in [6.45, 7) is 14.8. The highest BCUT2D eigenvalue weighted by Gasteiger charge is 2.41. The number of hydrogen-bond acceptors (Lipinski definition) is 4. The number of rotatable bonds is 4. The molecule has 98 valence electrons. The van der Waals surface area contributed by atoms with Crippen LogP contribution < -0.4 is 5.32 Å². The van der Waals surface area contributed by atoms with Crippen LogP contribution in [0.25, 0.3) is 0 Å². The van der Waals surface area contributed by atoms with Crippen molar-refractivity contribution in [2.24, 2.45) is 4.99 Å². The van der Waals surface area contributed by atoms with E-state index in [-0.39, 0.29) is 0 Å². The number of aliphatic imine (C=N–C) groups is 1. The van der Waals surface area contributed by atoms with E-state index < -0.39 is 22.7 Å². The molecule has 1 heterocycles. The molecule has 0 aliphatic carbocycles. The molecule has 0 aromatic rings. The van der Waals surface area contributed by atoms with Crippen molar-refractivity contribution < 1.29 is 8.85 Å². The summed E-state index contributed by atoms with van der Waals surface area (Å²) in [5.41, 5.74) is 1.07. The Balaban J connectivity index is 2.92. The second-order valence-electron chi connectivity index (χ2n) is 6.30. The SMILES string of the molecule is CC1=CNC(O[Si](C)(C)C)(O[Si](C)(C)C)N=C1. The molecule has 0 saturated carbocycles. The maximum atomic E-state index is 6.09. The Morgan fingerprint density at radius 1 is 1.06 bits per heavy atom. The molecule has 1 N–H and O–H groups in total. The Labute approximate surface area is 106 Å². The monoisotopic (exact) mass is 272 g/mol. The summed E-state index contributed by atoms with van der Waals surface area (Å²) in [7, 11) is -3.49. The summed E-state index contributed by atoms with van der Waals surface area (Å²) in [5.74, 6) is 0. The van der Waals surface area contributed by atoms with Crippen molar-refractivity contribution in [2.45, 2.75) is 52.2 Å². The minimum atomic E-state index is -1.75. The quantitative estimate of drug-likeness (QED) is 0.632. The highest BCUT2D eigenvalue weighted by Crippen LogP contribution is 2.25. The van der Waals surface area contributed by atoms with Crippen molar-refractivity contribution in [1.29, 1.82) is 0 Å². The molecule has 0 unspecified atom stereocenters. The fourth-order valence-corrected chi connectivity index (χ4v) is 3.48. The summed E-state index contributed by atoms with van der Waals surface area (Å²) in [6, 6.07) is -1.01. The average molecular weight is 272 g/mol. The van der Waals surface area contributed by atoms with Crippen LogP contribution in [-0.2, 0) is 8.85 Å². The summed E-state index contributed by atoms with van der Waals surface area (Å²) in [4.78, 5) is 4.43. The number of allylic oxidation sites excluding steroid dienone is 1. The maximum Gasteiger partial charge on any atom is 0.338 e. The van der Waals surface area contributed by atoms with E-state index in [1.165, 1.54) is 0 Å². The van der Waals surface area contributed by atoms with E-state index in [9.17, 15) is 0 Å². The molecule has 0 saturated heterocycles. The summed E-state index contributed by atoms with van der Waals surface area (Å²) in [6.07, 6.45) is 3.70. The normalized spacial score (nSPS) is 19.8. The fourth-order valence-electron chi connectivity index (χ4n) is 1.43. The van der Waals surface area contributed by atoms with Crippen LogP contribution in [0.15, 0.2) is 16.8 Å². The molecule has 0 radical (unpaired) electrons. The lowest BCUT2D eigenvalue weighted by Gasteiger charge is -2.40. The van der Waals surface area contributed by atoms with Crippen LogP contribution in [0.1, 0.15) is 6.92 Å². The van der Waals surface area contributed by atoms with E-state index in [0.717, 1.165) is 5.57 Å². The Morgan fingerprint density at radius 3 is 1.82 bits per heavy atom. The van der Waals surface area contributed by atoms with Gasteiger partial charge < -0.3 is 14.2 Å². The van der Waals surface area contributed by atoms with Crippen molar-refractivity contribution >= 4 is 22.8 Å². The largest absolute Gasteiger partial charge is 0.357 e. The van der Waals surface area contributed by atoms with Crippen molar-refractivity contribution in [3.8, 4) is 0 Å². The van der Waals surface area contributed by atoms with Gasteiger partial charge >= 0.3 is 6.03 Å². The van der Waals surface area contributed by atoms with Crippen LogP contribution in [0.3, 0.4) is 0 Å². The smallest absolute Gasteiger partial charge is 0.338 e. The molecule has 0 atom stereocenters. The molecule has 4 nitrogen and oxygen atoms in total. The summed E-state index contributed by atoms with van der Waals surface area (Å²) < 4.78 is 12.2. The van der Waals surface area contributed by atoms with Gasteiger partial charge in [0.05, 0.1) is 0 Å². The van der Waals surface area contributed by atoms with E-state index in [1.807, 2.05) is 13.1 Å². The summed E-state index contributed by atoms with van der Waals surface area (Å²) in [5, 5.41) is 3.16. The van der Waals surface area contributed by atoms with Gasteiger partial charge in [0.25, 0.3) is 0 Å². The lowest BCUT2D eigenvalue weighted by molar-refractivity contribution is -0.137. The molecular formula is C11H24N2O2Si2. The van der Waals surface area contributed by atoms with E-state index in [0.29, 0.717) is 0 Å². The molecule has 0 spiro atoms. The van der Waals surface area contributed by atoms with Gasteiger partial charge in [0.15, 0.2) is 16.6 Å². The second kappa shape index (κ2) is 4.68. The third-order valence-electron chi connectivity index (χ3n) is 1.81. The van der Waals surface area contributed by atoms with Crippen molar-refractivity contribution in [2.75, 3.05) is 0 Å². The molecule has 1 aliphatic heterocycles. The minimum Gasteiger partial charge on any atom is -0.357 e. The molecule has 17 heavy (non-hydrogen) atoms. The zero-order chi connectivity index (χ0) is 13.3. The zero-order valence-electron chi connectivity index (χ0n) is 11.9. The first-order chi connectivity index (χ1) is 7.52. The molecule has 6 heteroatoms. The molecule has 0 aromatic carbocycles. The van der Waals surface area contributed by atoms with Gasteiger partial charge in [-0.05, 0) is 51.8 Å². The van der Waals surface area contributed by atoms with Gasteiger partial charge in [-0.1, -0.05) is 0 Å². The van der Waals surface area contributed by atoms with Gasteiger partial charge in [0.1, 0.15) is 0 Å². The molecule has 1 aliphatic rings. The Kier molecular flexibility index (Phi) is 4.02. The first-order valence-electron chi connectivity index (χ1n) is 5.91. The molecule has 0 bridgehead atoms. The van der Waals surface area contributed by atoms with Crippen LogP contribution in [0.2, 0.25) is 39.3 Å². The molecular weight excluding hydrogens is 248 g/mol. The molecule has 0 aromatic heterocycles. The Hall–Kier alpha value is -0.436. The topological polar surface area (TPSA) is 42.8 Å². The second-order valence-corrected chi connectivity index (χ2v) is 15.2. The van der Waals surface area contributed by atoms with E-state index in [1.54, 1.807) is 6.21 Å². The first-order valence-corrected chi connectivity index (χ1v) is 12.7. The van der Waals surface area contributed by atoms with Gasteiger partial charge in [-0.2, -0.15) is 0 Å². The third-order valence-corrected chi connectivity index (χ3v) is 3.59. The van der Waals surface area contributed by atoms with Gasteiger partial charge in [-0.3, -0.25) is 0 Å². The predicted octanol–water partition coefficient (Wildman–Crippen LogP) is 2.88. The van der Waals surface area contributed by atoms with Gasteiger partial charge in [-0.15, -0.1) is 0 Å². The van der Waals surface area contributed by atoms with E-state index >= 15 is 0 Å². The molecule has 0 amide bonds. The molecule has 1 rings (SSSR count). The maximum absolute atomic E-state index is 6.09. The van der Waals surface area contributed by atoms with Crippen molar-refractivity contribution in [1.82, 2.24) is 5.32 Å². The van der Waals surface area contributed by atoms with Crippen LogP contribution in [0.5, 0.6) is 0 Å². The van der Waals surface area contributed by atoms with Crippen LogP contribution in [-0.4, -0.2) is 28.9 Å². The lowest BCUT2D eigenvalue weighted by Crippen LogP contribution is -2.57. The zero-order valence-corrected chi connectivity index (χ0v) is 13.9. The first kappa shape index (κ1) is 14.6. The van der Waals surface area contributed by atoms with Crippen molar-refractivity contribution in [3.63, 3.8) is 0 Å². The number of nitrogens with one attached hydrogen (secondary N) is 1. The van der Waals surface area contributed by atoms with Crippen LogP contribution >= 0.6 is 0 Å². The number of hydrogen-bond donors (Lipinski definition) is 1. The fraction of sp³-hybridized carbons (Fsp3) is 0.727. The Bertz CT molecular complexity index is 324. The lowest BCUT2D eigenvalue weighted by atomic mass is 10.3. The Morgan fingerprint density at radius 2 is 1.53 bits per heavy atom. The van der Waals surface area contributed by atoms with Gasteiger partial charge in [-0.25, -0.2) is 4.99 Å². The number of nitrogens with zero attached hydrogens (tertiary/aromatic N) is 1. The van der Waals surface area contributed by atoms with Crippen LogP contribution in [0, 0.1) is 0 Å². The van der Waals surface area contributed by atoms with E-state index in [2.05, 4.69) is 49.6 Å². The minimum absolute atomic E-state index is 1.01. The van der Waals surface area contributed by atoms with Crippen LogP contribution in [0.4, 0.5) is 0 Å². The van der Waals surface area contributed by atoms with Gasteiger partial charge in [0.2, 0.25) is 0 Å². The average Bonchev–Trinajstić information content (AvgIpc) is 2.04. The summed E-state index contributed by atoms with van der Waals surface area (Å²) >= 11 is 0. The highest BCUT2D eigenvalue weighted by molar-refractivity contribution is 6.71. The highest BCUT2D eigenvalue weighted by atomic mass is 28.4. The standard InChI is InChI=1S/C11H24N2O2Si2/c1-10-8-12-11(13-9-10,14-16(2,3)4)15-17(5,6)7/h8-9,12H,1-7H3.